The molecule has 1 heterocycles. The van der Waals surface area contributed by atoms with Crippen molar-refractivity contribution in [2.45, 2.75) is 38.2 Å². The van der Waals surface area contributed by atoms with Crippen LogP contribution in [0.3, 0.4) is 0 Å². The highest BCUT2D eigenvalue weighted by Crippen LogP contribution is 2.25. The quantitative estimate of drug-likeness (QED) is 0.680. The van der Waals surface area contributed by atoms with E-state index in [4.69, 9.17) is 9.47 Å². The molecule has 0 amide bonds. The van der Waals surface area contributed by atoms with Crippen LogP contribution in [-0.2, 0) is 9.47 Å². The molecule has 0 aromatic rings. The monoisotopic (exact) mass is 190 g/mol. The molecular formula is C9H18O2S. The van der Waals surface area contributed by atoms with E-state index in [-0.39, 0.29) is 6.29 Å². The molecule has 0 aromatic carbocycles. The van der Waals surface area contributed by atoms with Crippen LogP contribution < -0.4 is 0 Å². The van der Waals surface area contributed by atoms with Gasteiger partial charge < -0.3 is 9.47 Å². The topological polar surface area (TPSA) is 18.5 Å². The van der Waals surface area contributed by atoms with E-state index < -0.39 is 0 Å². The van der Waals surface area contributed by atoms with Crippen molar-refractivity contribution < 1.29 is 9.47 Å². The van der Waals surface area contributed by atoms with Gasteiger partial charge in [0.05, 0.1) is 13.2 Å². The normalized spacial score (nSPS) is 20.2. The van der Waals surface area contributed by atoms with Gasteiger partial charge >= 0.3 is 0 Å². The van der Waals surface area contributed by atoms with Crippen LogP contribution in [0.1, 0.15) is 27.2 Å². The Morgan fingerprint density at radius 1 is 1.25 bits per heavy atom. The Balaban J connectivity index is 2.02. The Hall–Kier alpha value is 0.270. The molecule has 0 aliphatic carbocycles. The number of thioether (sulfide) groups is 1. The summed E-state index contributed by atoms with van der Waals surface area (Å²) >= 11 is 1.96. The largest absolute Gasteiger partial charge is 0.350 e. The maximum Gasteiger partial charge on any atom is 0.158 e. The average molecular weight is 190 g/mol. The third-order valence-electron chi connectivity index (χ3n) is 1.58. The van der Waals surface area contributed by atoms with E-state index >= 15 is 0 Å². The SMILES string of the molecule is CC(C)(C)SCCC1OCCO1. The second-order valence-corrected chi connectivity index (χ2v) is 5.84. The Bertz CT molecular complexity index is 125. The van der Waals surface area contributed by atoms with Gasteiger partial charge in [0.25, 0.3) is 0 Å². The summed E-state index contributed by atoms with van der Waals surface area (Å²) in [6.07, 6.45) is 1.09. The highest BCUT2D eigenvalue weighted by molar-refractivity contribution is 8.00. The fraction of sp³-hybridized carbons (Fsp3) is 1.00. The second-order valence-electron chi connectivity index (χ2n) is 3.92. The van der Waals surface area contributed by atoms with Crippen molar-refractivity contribution >= 4 is 11.8 Å². The number of hydrogen-bond acceptors (Lipinski definition) is 3. The molecule has 1 fully saturated rings. The van der Waals surface area contributed by atoms with Crippen molar-refractivity contribution in [1.29, 1.82) is 0 Å². The zero-order chi connectivity index (χ0) is 9.03. The van der Waals surface area contributed by atoms with E-state index in [2.05, 4.69) is 20.8 Å². The van der Waals surface area contributed by atoms with Crippen molar-refractivity contribution in [3.8, 4) is 0 Å². The molecular weight excluding hydrogens is 172 g/mol. The summed E-state index contributed by atoms with van der Waals surface area (Å²) in [4.78, 5) is 0. The molecule has 0 bridgehead atoms. The fourth-order valence-corrected chi connectivity index (χ4v) is 1.96. The first-order valence-corrected chi connectivity index (χ1v) is 5.44. The molecule has 0 aromatic heterocycles. The lowest BCUT2D eigenvalue weighted by Gasteiger charge is -2.18. The van der Waals surface area contributed by atoms with Crippen LogP contribution in [-0.4, -0.2) is 30.0 Å². The minimum atomic E-state index is 0.0693. The predicted molar refractivity (Wildman–Crippen MR) is 52.5 cm³/mol. The number of ether oxygens (including phenoxy) is 2. The van der Waals surface area contributed by atoms with Crippen LogP contribution in [0.2, 0.25) is 0 Å². The van der Waals surface area contributed by atoms with Gasteiger partial charge in [0.15, 0.2) is 6.29 Å². The smallest absolute Gasteiger partial charge is 0.158 e. The summed E-state index contributed by atoms with van der Waals surface area (Å²) in [5.41, 5.74) is 0. The van der Waals surface area contributed by atoms with Gasteiger partial charge in [-0.15, -0.1) is 0 Å². The van der Waals surface area contributed by atoms with Crippen molar-refractivity contribution in [1.82, 2.24) is 0 Å². The Kier molecular flexibility index (Phi) is 3.87. The van der Waals surface area contributed by atoms with E-state index in [1.165, 1.54) is 0 Å². The van der Waals surface area contributed by atoms with Crippen LogP contribution in [0, 0.1) is 0 Å². The minimum absolute atomic E-state index is 0.0693. The molecule has 0 spiro atoms. The van der Waals surface area contributed by atoms with Crippen molar-refractivity contribution in [3.63, 3.8) is 0 Å². The number of rotatable bonds is 3. The summed E-state index contributed by atoms with van der Waals surface area (Å²) in [6, 6.07) is 0. The second kappa shape index (κ2) is 4.49. The average Bonchev–Trinajstić information content (AvgIpc) is 2.36. The first-order valence-electron chi connectivity index (χ1n) is 4.45. The van der Waals surface area contributed by atoms with Gasteiger partial charge in [-0.05, 0) is 5.75 Å². The van der Waals surface area contributed by atoms with Crippen LogP contribution in [0.5, 0.6) is 0 Å². The zero-order valence-electron chi connectivity index (χ0n) is 8.13. The van der Waals surface area contributed by atoms with Crippen molar-refractivity contribution in [2.75, 3.05) is 19.0 Å². The van der Waals surface area contributed by atoms with Gasteiger partial charge in [0.2, 0.25) is 0 Å². The third kappa shape index (κ3) is 4.33. The van der Waals surface area contributed by atoms with E-state index in [0.717, 1.165) is 25.4 Å². The molecule has 1 rings (SSSR count). The molecule has 1 aliphatic rings. The lowest BCUT2D eigenvalue weighted by atomic mass is 10.3. The molecule has 1 aliphatic heterocycles. The van der Waals surface area contributed by atoms with Gasteiger partial charge in [0, 0.05) is 11.2 Å². The standard InChI is InChI=1S/C9H18O2S/c1-9(2,3)12-7-4-8-10-5-6-11-8/h8H,4-7H2,1-3H3. The zero-order valence-corrected chi connectivity index (χ0v) is 8.95. The molecule has 2 nitrogen and oxygen atoms in total. The van der Waals surface area contributed by atoms with Gasteiger partial charge in [-0.3, -0.25) is 0 Å². The number of hydrogen-bond donors (Lipinski definition) is 0. The molecule has 0 unspecified atom stereocenters. The molecule has 0 radical (unpaired) electrons. The van der Waals surface area contributed by atoms with E-state index in [1.807, 2.05) is 11.8 Å². The van der Waals surface area contributed by atoms with Crippen LogP contribution in [0.4, 0.5) is 0 Å². The summed E-state index contributed by atoms with van der Waals surface area (Å²) < 4.78 is 11.0. The van der Waals surface area contributed by atoms with Crippen molar-refractivity contribution in [3.05, 3.63) is 0 Å². The summed E-state index contributed by atoms with van der Waals surface area (Å²) in [6.45, 7) is 8.23. The molecule has 0 saturated carbocycles. The first kappa shape index (κ1) is 10.4. The van der Waals surface area contributed by atoms with Crippen LogP contribution >= 0.6 is 11.8 Å². The lowest BCUT2D eigenvalue weighted by Crippen LogP contribution is -2.13. The first-order chi connectivity index (χ1) is 5.58. The molecule has 3 heteroatoms. The Morgan fingerprint density at radius 2 is 1.83 bits per heavy atom. The minimum Gasteiger partial charge on any atom is -0.350 e. The van der Waals surface area contributed by atoms with Crippen molar-refractivity contribution in [2.24, 2.45) is 0 Å². The highest BCUT2D eigenvalue weighted by Gasteiger charge is 2.17. The summed E-state index contributed by atoms with van der Waals surface area (Å²) in [5.74, 6) is 1.12. The van der Waals surface area contributed by atoms with Gasteiger partial charge in [0.1, 0.15) is 0 Å². The third-order valence-corrected chi connectivity index (χ3v) is 2.89. The summed E-state index contributed by atoms with van der Waals surface area (Å²) in [7, 11) is 0. The maximum absolute atomic E-state index is 5.33. The van der Waals surface area contributed by atoms with Gasteiger partial charge in [-0.25, -0.2) is 0 Å². The van der Waals surface area contributed by atoms with E-state index in [1.54, 1.807) is 0 Å². The fourth-order valence-electron chi connectivity index (χ4n) is 1.04. The molecule has 0 atom stereocenters. The summed E-state index contributed by atoms with van der Waals surface area (Å²) in [5, 5.41) is 0. The molecule has 1 saturated heterocycles. The predicted octanol–water partition coefficient (Wildman–Crippen LogP) is 2.28. The van der Waals surface area contributed by atoms with Crippen LogP contribution in [0.15, 0.2) is 0 Å². The Morgan fingerprint density at radius 3 is 2.33 bits per heavy atom. The molecule has 72 valence electrons. The van der Waals surface area contributed by atoms with Crippen LogP contribution in [0.25, 0.3) is 0 Å². The molecule has 0 N–H and O–H groups in total. The van der Waals surface area contributed by atoms with E-state index in [0.29, 0.717) is 4.75 Å². The van der Waals surface area contributed by atoms with E-state index in [9.17, 15) is 0 Å². The van der Waals surface area contributed by atoms with Gasteiger partial charge in [-0.1, -0.05) is 20.8 Å². The molecule has 12 heavy (non-hydrogen) atoms. The lowest BCUT2D eigenvalue weighted by molar-refractivity contribution is -0.0421. The van der Waals surface area contributed by atoms with Gasteiger partial charge in [-0.2, -0.15) is 11.8 Å². The Labute approximate surface area is 79.0 Å². The highest BCUT2D eigenvalue weighted by atomic mass is 32.2. The maximum atomic E-state index is 5.33.